The molecule has 0 radical (unpaired) electrons. The van der Waals surface area contributed by atoms with Crippen molar-refractivity contribution in [2.75, 3.05) is 13.1 Å². The smallest absolute Gasteiger partial charge is 0.113 e. The van der Waals surface area contributed by atoms with E-state index in [0.717, 1.165) is 29.9 Å². The van der Waals surface area contributed by atoms with Gasteiger partial charge in [0.25, 0.3) is 0 Å². The van der Waals surface area contributed by atoms with E-state index in [2.05, 4.69) is 51.1 Å². The number of benzene rings is 1. The van der Waals surface area contributed by atoms with Gasteiger partial charge >= 0.3 is 0 Å². The van der Waals surface area contributed by atoms with Crippen LogP contribution in [-0.4, -0.2) is 33.1 Å². The SMILES string of the molecule is c1cc2cc(-c3cn(C4CCCNC4)nn3)ccc2[nH]1. The number of hydrogen-bond donors (Lipinski definition) is 2. The summed E-state index contributed by atoms with van der Waals surface area (Å²) in [7, 11) is 0. The minimum Gasteiger partial charge on any atom is -0.361 e. The highest BCUT2D eigenvalue weighted by Gasteiger charge is 2.16. The number of aromatic amines is 1. The van der Waals surface area contributed by atoms with E-state index < -0.39 is 0 Å². The highest BCUT2D eigenvalue weighted by Crippen LogP contribution is 2.23. The average molecular weight is 267 g/mol. The van der Waals surface area contributed by atoms with E-state index >= 15 is 0 Å². The van der Waals surface area contributed by atoms with Gasteiger partial charge in [0.1, 0.15) is 5.69 Å². The molecule has 3 aromatic rings. The molecule has 2 N–H and O–H groups in total. The molecule has 3 heterocycles. The van der Waals surface area contributed by atoms with Crippen LogP contribution in [0.5, 0.6) is 0 Å². The molecule has 102 valence electrons. The van der Waals surface area contributed by atoms with Crippen LogP contribution in [0.4, 0.5) is 0 Å². The van der Waals surface area contributed by atoms with Crippen molar-refractivity contribution in [3.8, 4) is 11.3 Å². The van der Waals surface area contributed by atoms with Crippen molar-refractivity contribution in [2.24, 2.45) is 0 Å². The fourth-order valence-electron chi connectivity index (χ4n) is 2.86. The van der Waals surface area contributed by atoms with Gasteiger partial charge in [-0.1, -0.05) is 11.3 Å². The van der Waals surface area contributed by atoms with Gasteiger partial charge < -0.3 is 10.3 Å². The van der Waals surface area contributed by atoms with Crippen molar-refractivity contribution in [3.63, 3.8) is 0 Å². The highest BCUT2D eigenvalue weighted by molar-refractivity contribution is 5.84. The van der Waals surface area contributed by atoms with Gasteiger partial charge in [-0.15, -0.1) is 5.10 Å². The normalized spacial score (nSPS) is 19.5. The Hall–Kier alpha value is -2.14. The lowest BCUT2D eigenvalue weighted by atomic mass is 10.1. The van der Waals surface area contributed by atoms with Gasteiger partial charge in [-0.25, -0.2) is 4.68 Å². The molecule has 0 aliphatic carbocycles. The maximum absolute atomic E-state index is 4.33. The number of hydrogen-bond acceptors (Lipinski definition) is 3. The largest absolute Gasteiger partial charge is 0.361 e. The maximum Gasteiger partial charge on any atom is 0.113 e. The third-order valence-corrected chi connectivity index (χ3v) is 4.00. The van der Waals surface area contributed by atoms with Gasteiger partial charge in [-0.05, 0) is 37.6 Å². The van der Waals surface area contributed by atoms with E-state index in [9.17, 15) is 0 Å². The molecule has 1 aliphatic heterocycles. The highest BCUT2D eigenvalue weighted by atomic mass is 15.4. The Morgan fingerprint density at radius 2 is 2.25 bits per heavy atom. The van der Waals surface area contributed by atoms with Crippen LogP contribution in [0.15, 0.2) is 36.7 Å². The summed E-state index contributed by atoms with van der Waals surface area (Å²) in [5.74, 6) is 0. The van der Waals surface area contributed by atoms with Gasteiger partial charge in [-0.2, -0.15) is 0 Å². The van der Waals surface area contributed by atoms with Crippen molar-refractivity contribution in [1.82, 2.24) is 25.3 Å². The maximum atomic E-state index is 4.33. The van der Waals surface area contributed by atoms with Crippen LogP contribution in [0.1, 0.15) is 18.9 Å². The summed E-state index contributed by atoms with van der Waals surface area (Å²) >= 11 is 0. The van der Waals surface area contributed by atoms with E-state index in [1.165, 1.54) is 18.2 Å². The summed E-state index contributed by atoms with van der Waals surface area (Å²) in [5.41, 5.74) is 3.21. The number of aromatic nitrogens is 4. The molecule has 1 aliphatic rings. The van der Waals surface area contributed by atoms with Crippen LogP contribution in [-0.2, 0) is 0 Å². The molecule has 1 unspecified atom stereocenters. The second-order valence-corrected chi connectivity index (χ2v) is 5.36. The predicted molar refractivity (Wildman–Crippen MR) is 78.5 cm³/mol. The van der Waals surface area contributed by atoms with Crippen molar-refractivity contribution in [1.29, 1.82) is 0 Å². The van der Waals surface area contributed by atoms with E-state index in [-0.39, 0.29) is 0 Å². The number of nitrogens with one attached hydrogen (secondary N) is 2. The van der Waals surface area contributed by atoms with Gasteiger partial charge in [0.15, 0.2) is 0 Å². The Kier molecular flexibility index (Phi) is 2.77. The van der Waals surface area contributed by atoms with E-state index in [4.69, 9.17) is 0 Å². The fourth-order valence-corrected chi connectivity index (χ4v) is 2.86. The zero-order valence-electron chi connectivity index (χ0n) is 11.2. The molecule has 5 nitrogen and oxygen atoms in total. The molecule has 1 fully saturated rings. The number of fused-ring (bicyclic) bond motifs is 1. The molecule has 0 bridgehead atoms. The molecule has 5 heteroatoms. The average Bonchev–Trinajstić information content (AvgIpc) is 3.16. The van der Waals surface area contributed by atoms with E-state index in [1.807, 2.05) is 10.9 Å². The molecule has 0 spiro atoms. The molecule has 1 saturated heterocycles. The molecule has 4 rings (SSSR count). The first-order valence-electron chi connectivity index (χ1n) is 7.10. The summed E-state index contributed by atoms with van der Waals surface area (Å²) < 4.78 is 2.00. The minimum absolute atomic E-state index is 0.431. The number of H-pyrrole nitrogens is 1. The summed E-state index contributed by atoms with van der Waals surface area (Å²) in [4.78, 5) is 3.21. The van der Waals surface area contributed by atoms with Crippen LogP contribution in [0.3, 0.4) is 0 Å². The van der Waals surface area contributed by atoms with Crippen molar-refractivity contribution in [2.45, 2.75) is 18.9 Å². The summed E-state index contributed by atoms with van der Waals surface area (Å²) in [5, 5.41) is 13.2. The van der Waals surface area contributed by atoms with Gasteiger partial charge in [0, 0.05) is 29.2 Å². The Bertz CT molecular complexity index is 721. The molecule has 1 aromatic carbocycles. The van der Waals surface area contributed by atoms with Crippen LogP contribution >= 0.6 is 0 Å². The van der Waals surface area contributed by atoms with Gasteiger partial charge in [-0.3, -0.25) is 0 Å². The topological polar surface area (TPSA) is 58.5 Å². The second-order valence-electron chi connectivity index (χ2n) is 5.36. The molecular formula is C15H17N5. The minimum atomic E-state index is 0.431. The third kappa shape index (κ3) is 2.00. The second kappa shape index (κ2) is 4.76. The fraction of sp³-hybridized carbons (Fsp3) is 0.333. The Morgan fingerprint density at radius 1 is 1.25 bits per heavy atom. The Labute approximate surface area is 117 Å². The predicted octanol–water partition coefficient (Wildman–Crippen LogP) is 2.35. The first kappa shape index (κ1) is 11.7. The number of nitrogens with zero attached hydrogens (tertiary/aromatic N) is 3. The molecule has 1 atom stereocenters. The van der Waals surface area contributed by atoms with Crippen molar-refractivity contribution in [3.05, 3.63) is 36.7 Å². The lowest BCUT2D eigenvalue weighted by molar-refractivity contribution is 0.341. The zero-order chi connectivity index (χ0) is 13.4. The molecule has 0 saturated carbocycles. The lowest BCUT2D eigenvalue weighted by Gasteiger charge is -2.22. The van der Waals surface area contributed by atoms with Crippen LogP contribution in [0, 0.1) is 0 Å². The lowest BCUT2D eigenvalue weighted by Crippen LogP contribution is -2.31. The van der Waals surface area contributed by atoms with E-state index in [0.29, 0.717) is 6.04 Å². The standard InChI is InChI=1S/C15H17N5/c1-2-13(9-16-6-1)20-10-15(18-19-20)11-3-4-14-12(8-11)5-7-17-14/h3-5,7-8,10,13,16-17H,1-2,6,9H2. The quantitative estimate of drug-likeness (QED) is 0.749. The molecule has 2 aromatic heterocycles. The summed E-state index contributed by atoms with van der Waals surface area (Å²) in [6, 6.07) is 8.84. The molecular weight excluding hydrogens is 250 g/mol. The molecule has 20 heavy (non-hydrogen) atoms. The number of piperidine rings is 1. The summed E-state index contributed by atoms with van der Waals surface area (Å²) in [6.07, 6.45) is 6.40. The van der Waals surface area contributed by atoms with Crippen molar-refractivity contribution >= 4 is 10.9 Å². The van der Waals surface area contributed by atoms with Gasteiger partial charge in [0.05, 0.1) is 12.2 Å². The zero-order valence-corrected chi connectivity index (χ0v) is 11.2. The Morgan fingerprint density at radius 3 is 3.15 bits per heavy atom. The summed E-state index contributed by atoms with van der Waals surface area (Å²) in [6.45, 7) is 2.10. The van der Waals surface area contributed by atoms with Crippen LogP contribution in [0.25, 0.3) is 22.2 Å². The third-order valence-electron chi connectivity index (χ3n) is 4.00. The number of rotatable bonds is 2. The van der Waals surface area contributed by atoms with Crippen LogP contribution < -0.4 is 5.32 Å². The van der Waals surface area contributed by atoms with Crippen LogP contribution in [0.2, 0.25) is 0 Å². The first-order valence-corrected chi connectivity index (χ1v) is 7.10. The molecule has 0 amide bonds. The van der Waals surface area contributed by atoms with Gasteiger partial charge in [0.2, 0.25) is 0 Å². The van der Waals surface area contributed by atoms with E-state index in [1.54, 1.807) is 0 Å². The Balaban J connectivity index is 1.66. The van der Waals surface area contributed by atoms with Crippen molar-refractivity contribution < 1.29 is 0 Å². The first-order chi connectivity index (χ1) is 9.90. The monoisotopic (exact) mass is 267 g/mol.